The lowest BCUT2D eigenvalue weighted by Gasteiger charge is -2.42. The molecule has 5 nitrogen and oxygen atoms in total. The highest BCUT2D eigenvalue weighted by Gasteiger charge is 2.42. The van der Waals surface area contributed by atoms with Crippen LogP contribution < -0.4 is 10.6 Å². The zero-order valence-corrected chi connectivity index (χ0v) is 21.0. The number of hydrogen-bond donors (Lipinski definition) is 2. The quantitative estimate of drug-likeness (QED) is 0.448. The number of nitrogens with one attached hydrogen (secondary N) is 2. The van der Waals surface area contributed by atoms with Crippen LogP contribution in [0.3, 0.4) is 0 Å². The van der Waals surface area contributed by atoms with E-state index in [1.54, 1.807) is 11.8 Å². The molecule has 0 saturated carbocycles. The van der Waals surface area contributed by atoms with Gasteiger partial charge in [-0.25, -0.2) is 4.79 Å². The molecule has 0 atom stereocenters. The Bertz CT molecular complexity index is 975. The molecule has 0 aliphatic carbocycles. The minimum Gasteiger partial charge on any atom is -0.465 e. The normalized spacial score (nSPS) is 16.6. The number of amides is 1. The van der Waals surface area contributed by atoms with Gasteiger partial charge in [0.05, 0.1) is 19.1 Å². The van der Waals surface area contributed by atoms with Crippen LogP contribution >= 0.6 is 23.1 Å². The summed E-state index contributed by atoms with van der Waals surface area (Å²) in [7, 11) is 1.38. The van der Waals surface area contributed by atoms with E-state index in [9.17, 15) is 9.59 Å². The molecule has 0 radical (unpaired) electrons. The maximum absolute atomic E-state index is 12.8. The molecule has 0 fully saturated rings. The summed E-state index contributed by atoms with van der Waals surface area (Å²) in [6.07, 6.45) is 0.945. The minimum atomic E-state index is -0.406. The van der Waals surface area contributed by atoms with Crippen LogP contribution in [0, 0.1) is 0 Å². The van der Waals surface area contributed by atoms with Crippen LogP contribution in [0.15, 0.2) is 29.2 Å². The zero-order chi connectivity index (χ0) is 23.0. The number of benzene rings is 1. The summed E-state index contributed by atoms with van der Waals surface area (Å²) in [6, 6.07) is 8.07. The Morgan fingerprint density at radius 1 is 1.19 bits per heavy atom. The molecule has 7 heteroatoms. The second-order valence-electron chi connectivity index (χ2n) is 9.45. The molecular weight excluding hydrogens is 428 g/mol. The number of ether oxygens (including phenoxy) is 1. The number of esters is 1. The van der Waals surface area contributed by atoms with Gasteiger partial charge in [0.2, 0.25) is 5.91 Å². The largest absolute Gasteiger partial charge is 0.465 e. The summed E-state index contributed by atoms with van der Waals surface area (Å²) < 4.78 is 5.08. The molecule has 31 heavy (non-hydrogen) atoms. The van der Waals surface area contributed by atoms with Crippen molar-refractivity contribution in [3.63, 3.8) is 0 Å². The Hall–Kier alpha value is -1.83. The van der Waals surface area contributed by atoms with E-state index >= 15 is 0 Å². The number of carbonyl (C=O) groups is 2. The molecule has 1 aliphatic rings. The van der Waals surface area contributed by atoms with Gasteiger partial charge in [0, 0.05) is 26.1 Å². The van der Waals surface area contributed by atoms with Gasteiger partial charge >= 0.3 is 5.97 Å². The fourth-order valence-electron chi connectivity index (χ4n) is 4.25. The minimum absolute atomic E-state index is 0.141. The molecule has 2 heterocycles. The molecule has 0 bridgehead atoms. The van der Waals surface area contributed by atoms with Gasteiger partial charge in [-0.15, -0.1) is 23.1 Å². The number of anilines is 1. The van der Waals surface area contributed by atoms with Crippen LogP contribution in [-0.4, -0.2) is 29.8 Å². The summed E-state index contributed by atoms with van der Waals surface area (Å²) >= 11 is 3.26. The fourth-order valence-corrected chi connectivity index (χ4v) is 6.37. The Morgan fingerprint density at radius 2 is 1.84 bits per heavy atom. The average Bonchev–Trinajstić information content (AvgIpc) is 2.99. The average molecular weight is 461 g/mol. The van der Waals surface area contributed by atoms with E-state index in [1.165, 1.54) is 23.3 Å². The van der Waals surface area contributed by atoms with Crippen LogP contribution in [0.2, 0.25) is 0 Å². The standard InChI is InChI=1S/C24H32N2O3S2/c1-14(2)30-16-10-8-15(9-11-16)12-18(27)25-21-19(22(28)29-7)17-13-23(3,4)26-24(5,6)20(17)31-21/h8-11,14,26H,12-13H2,1-7H3,(H,25,27). The van der Waals surface area contributed by atoms with E-state index in [4.69, 9.17) is 4.74 Å². The molecule has 0 unspecified atom stereocenters. The van der Waals surface area contributed by atoms with E-state index in [0.717, 1.165) is 16.0 Å². The summed E-state index contributed by atoms with van der Waals surface area (Å²) in [5, 5.41) is 7.71. The van der Waals surface area contributed by atoms with Gasteiger partial charge in [0.25, 0.3) is 0 Å². The van der Waals surface area contributed by atoms with Crippen molar-refractivity contribution >= 4 is 40.0 Å². The van der Waals surface area contributed by atoms with Gasteiger partial charge in [-0.3, -0.25) is 4.79 Å². The van der Waals surface area contributed by atoms with E-state index in [0.29, 0.717) is 22.2 Å². The number of hydrogen-bond acceptors (Lipinski definition) is 6. The topological polar surface area (TPSA) is 67.4 Å². The first-order valence-corrected chi connectivity index (χ1v) is 12.2. The molecule has 3 rings (SSSR count). The molecular formula is C24H32N2O3S2. The van der Waals surface area contributed by atoms with Crippen LogP contribution in [0.5, 0.6) is 0 Å². The number of fused-ring (bicyclic) bond motifs is 1. The lowest BCUT2D eigenvalue weighted by Crippen LogP contribution is -2.55. The Labute approximate surface area is 193 Å². The summed E-state index contributed by atoms with van der Waals surface area (Å²) in [6.45, 7) is 12.8. The predicted molar refractivity (Wildman–Crippen MR) is 129 cm³/mol. The second-order valence-corrected chi connectivity index (χ2v) is 12.1. The lowest BCUT2D eigenvalue weighted by molar-refractivity contribution is -0.115. The van der Waals surface area contributed by atoms with Gasteiger partial charge in [0.15, 0.2) is 0 Å². The highest BCUT2D eigenvalue weighted by molar-refractivity contribution is 7.99. The molecule has 1 aliphatic heterocycles. The van der Waals surface area contributed by atoms with Crippen molar-refractivity contribution in [2.24, 2.45) is 0 Å². The zero-order valence-electron chi connectivity index (χ0n) is 19.3. The maximum Gasteiger partial charge on any atom is 0.341 e. The summed E-state index contributed by atoms with van der Waals surface area (Å²) in [5.74, 6) is -0.547. The molecule has 1 aromatic carbocycles. The van der Waals surface area contributed by atoms with Crippen molar-refractivity contribution in [1.29, 1.82) is 0 Å². The third-order valence-electron chi connectivity index (χ3n) is 5.15. The molecule has 2 aromatic rings. The van der Waals surface area contributed by atoms with Gasteiger partial charge in [-0.2, -0.15) is 0 Å². The first-order valence-electron chi connectivity index (χ1n) is 10.5. The molecule has 1 aromatic heterocycles. The SMILES string of the molecule is COC(=O)c1c(NC(=O)Cc2ccc(SC(C)C)cc2)sc2c1CC(C)(C)NC2(C)C. The van der Waals surface area contributed by atoms with Crippen LogP contribution in [0.1, 0.15) is 67.9 Å². The van der Waals surface area contributed by atoms with Crippen molar-refractivity contribution in [1.82, 2.24) is 5.32 Å². The van der Waals surface area contributed by atoms with Gasteiger partial charge in [-0.05, 0) is 57.4 Å². The summed E-state index contributed by atoms with van der Waals surface area (Å²) in [4.78, 5) is 27.8. The van der Waals surface area contributed by atoms with Crippen molar-refractivity contribution in [3.8, 4) is 0 Å². The highest BCUT2D eigenvalue weighted by Crippen LogP contribution is 2.45. The van der Waals surface area contributed by atoms with Crippen LogP contribution in [-0.2, 0) is 27.9 Å². The van der Waals surface area contributed by atoms with Gasteiger partial charge in [0.1, 0.15) is 5.00 Å². The van der Waals surface area contributed by atoms with Crippen LogP contribution in [0.25, 0.3) is 0 Å². The van der Waals surface area contributed by atoms with Crippen LogP contribution in [0.4, 0.5) is 5.00 Å². The number of rotatable bonds is 6. The molecule has 2 N–H and O–H groups in total. The summed E-state index contributed by atoms with van der Waals surface area (Å²) in [5.41, 5.74) is 1.92. The Balaban J connectivity index is 1.85. The third-order valence-corrected chi connectivity index (χ3v) is 7.63. The molecule has 0 spiro atoms. The first kappa shape index (κ1) is 23.8. The Kier molecular flexibility index (Phi) is 6.89. The monoisotopic (exact) mass is 460 g/mol. The highest BCUT2D eigenvalue weighted by atomic mass is 32.2. The maximum atomic E-state index is 12.8. The number of methoxy groups -OCH3 is 1. The molecule has 168 valence electrons. The van der Waals surface area contributed by atoms with E-state index in [-0.39, 0.29) is 23.4 Å². The van der Waals surface area contributed by atoms with Crippen molar-refractivity contribution in [2.75, 3.05) is 12.4 Å². The van der Waals surface area contributed by atoms with Crippen molar-refractivity contribution < 1.29 is 14.3 Å². The van der Waals surface area contributed by atoms with Crippen molar-refractivity contribution in [2.45, 2.75) is 75.6 Å². The number of thiophene rings is 1. The third kappa shape index (κ3) is 5.51. The predicted octanol–water partition coefficient (Wildman–Crippen LogP) is 5.38. The lowest BCUT2D eigenvalue weighted by atomic mass is 9.81. The van der Waals surface area contributed by atoms with Crippen molar-refractivity contribution in [3.05, 3.63) is 45.8 Å². The Morgan fingerprint density at radius 3 is 2.42 bits per heavy atom. The fraction of sp³-hybridized carbons (Fsp3) is 0.500. The number of carbonyl (C=O) groups excluding carboxylic acids is 2. The smallest absolute Gasteiger partial charge is 0.341 e. The van der Waals surface area contributed by atoms with E-state index in [1.807, 2.05) is 24.3 Å². The first-order chi connectivity index (χ1) is 14.4. The molecule has 0 saturated heterocycles. The van der Waals surface area contributed by atoms with Gasteiger partial charge in [-0.1, -0.05) is 26.0 Å². The van der Waals surface area contributed by atoms with Gasteiger partial charge < -0.3 is 15.4 Å². The van der Waals surface area contributed by atoms with E-state index < -0.39 is 5.97 Å². The molecule has 1 amide bonds. The second kappa shape index (κ2) is 8.96. The number of thioether (sulfide) groups is 1. The van der Waals surface area contributed by atoms with E-state index in [2.05, 4.69) is 52.2 Å².